The van der Waals surface area contributed by atoms with Gasteiger partial charge in [0.1, 0.15) is 11.9 Å². The van der Waals surface area contributed by atoms with Crippen molar-refractivity contribution in [2.75, 3.05) is 17.6 Å². The van der Waals surface area contributed by atoms with Crippen molar-refractivity contribution in [3.63, 3.8) is 0 Å². The van der Waals surface area contributed by atoms with E-state index in [4.69, 9.17) is 5.26 Å². The number of pyridine rings is 1. The molecule has 84 valence electrons. The van der Waals surface area contributed by atoms with Crippen LogP contribution in [0, 0.1) is 11.3 Å². The Morgan fingerprint density at radius 1 is 1.62 bits per heavy atom. The second kappa shape index (κ2) is 4.75. The summed E-state index contributed by atoms with van der Waals surface area (Å²) in [5, 5.41) is 12.0. The monoisotopic (exact) mass is 233 g/mol. The van der Waals surface area contributed by atoms with E-state index >= 15 is 0 Å². The van der Waals surface area contributed by atoms with Gasteiger partial charge in [0.25, 0.3) is 0 Å². The molecule has 0 aromatic carbocycles. The van der Waals surface area contributed by atoms with Crippen LogP contribution in [0.5, 0.6) is 0 Å². The van der Waals surface area contributed by atoms with Crippen molar-refractivity contribution in [1.29, 1.82) is 5.26 Å². The van der Waals surface area contributed by atoms with E-state index < -0.39 is 0 Å². The first kappa shape index (κ1) is 11.3. The zero-order valence-corrected chi connectivity index (χ0v) is 10.2. The Kier molecular flexibility index (Phi) is 3.35. The van der Waals surface area contributed by atoms with Crippen LogP contribution < -0.4 is 5.32 Å². The van der Waals surface area contributed by atoms with Crippen LogP contribution in [0.4, 0.5) is 5.82 Å². The first-order valence-corrected chi connectivity index (χ1v) is 6.44. The molecule has 4 heteroatoms. The fourth-order valence-corrected chi connectivity index (χ4v) is 3.06. The molecule has 3 nitrogen and oxygen atoms in total. The summed E-state index contributed by atoms with van der Waals surface area (Å²) in [5.41, 5.74) is 0.604. The minimum absolute atomic E-state index is 0.343. The van der Waals surface area contributed by atoms with E-state index in [0.717, 1.165) is 12.4 Å². The molecule has 1 aliphatic rings. The molecule has 0 aliphatic carbocycles. The average molecular weight is 233 g/mol. The number of hydrogen-bond donors (Lipinski definition) is 1. The largest absolute Gasteiger partial charge is 0.369 e. The Morgan fingerprint density at radius 2 is 2.50 bits per heavy atom. The summed E-state index contributed by atoms with van der Waals surface area (Å²) in [7, 11) is 0. The quantitative estimate of drug-likeness (QED) is 0.872. The van der Waals surface area contributed by atoms with Gasteiger partial charge in [0.2, 0.25) is 0 Å². The molecule has 16 heavy (non-hydrogen) atoms. The molecule has 2 rings (SSSR count). The van der Waals surface area contributed by atoms with Gasteiger partial charge in [-0.05, 0) is 37.7 Å². The number of nitrogens with one attached hydrogen (secondary N) is 1. The molecule has 2 heterocycles. The zero-order chi connectivity index (χ0) is 11.4. The smallest absolute Gasteiger partial charge is 0.126 e. The van der Waals surface area contributed by atoms with Gasteiger partial charge in [-0.1, -0.05) is 0 Å². The first-order valence-electron chi connectivity index (χ1n) is 5.46. The summed E-state index contributed by atoms with van der Waals surface area (Å²) >= 11 is 2.03. The van der Waals surface area contributed by atoms with E-state index in [9.17, 15) is 0 Å². The van der Waals surface area contributed by atoms with Gasteiger partial charge in [-0.3, -0.25) is 0 Å². The lowest BCUT2D eigenvalue weighted by molar-refractivity contribution is 0.634. The molecule has 0 amide bonds. The molecule has 1 unspecified atom stereocenters. The summed E-state index contributed by atoms with van der Waals surface area (Å²) in [6.45, 7) is 3.23. The van der Waals surface area contributed by atoms with Crippen LogP contribution in [0.15, 0.2) is 18.3 Å². The predicted molar refractivity (Wildman–Crippen MR) is 67.5 cm³/mol. The highest BCUT2D eigenvalue weighted by Gasteiger charge is 2.29. The lowest BCUT2D eigenvalue weighted by Gasteiger charge is -2.23. The molecule has 1 aromatic heterocycles. The van der Waals surface area contributed by atoms with Gasteiger partial charge in [0, 0.05) is 17.5 Å². The predicted octanol–water partition coefficient (Wildman–Crippen LogP) is 2.65. The Hall–Kier alpha value is -1.21. The van der Waals surface area contributed by atoms with Crippen molar-refractivity contribution >= 4 is 17.6 Å². The maximum Gasteiger partial charge on any atom is 0.126 e. The summed E-state index contributed by atoms with van der Waals surface area (Å²) in [4.78, 5) is 4.20. The Morgan fingerprint density at radius 3 is 3.06 bits per heavy atom. The van der Waals surface area contributed by atoms with Crippen LogP contribution >= 0.6 is 11.8 Å². The number of nitrogens with zero attached hydrogens (tertiary/aromatic N) is 2. The summed E-state index contributed by atoms with van der Waals surface area (Å²) in [6, 6.07) is 5.72. The van der Waals surface area contributed by atoms with Crippen molar-refractivity contribution in [3.05, 3.63) is 23.9 Å². The molecule has 0 spiro atoms. The van der Waals surface area contributed by atoms with Crippen molar-refractivity contribution in [2.24, 2.45) is 0 Å². The molecule has 0 bridgehead atoms. The summed E-state index contributed by atoms with van der Waals surface area (Å²) in [5.74, 6) is 2.12. The van der Waals surface area contributed by atoms with Crippen LogP contribution in [0.2, 0.25) is 0 Å². The highest BCUT2D eigenvalue weighted by molar-refractivity contribution is 8.00. The number of thioether (sulfide) groups is 1. The van der Waals surface area contributed by atoms with E-state index in [1.165, 1.54) is 18.6 Å². The van der Waals surface area contributed by atoms with Gasteiger partial charge in [-0.2, -0.15) is 17.0 Å². The van der Waals surface area contributed by atoms with Crippen LogP contribution in [0.3, 0.4) is 0 Å². The third kappa shape index (κ3) is 2.67. The highest BCUT2D eigenvalue weighted by atomic mass is 32.2. The van der Waals surface area contributed by atoms with Crippen molar-refractivity contribution in [1.82, 2.24) is 4.98 Å². The Labute approximate surface area is 100 Å². The maximum absolute atomic E-state index is 8.66. The van der Waals surface area contributed by atoms with Crippen LogP contribution in [-0.2, 0) is 0 Å². The second-order valence-corrected chi connectivity index (χ2v) is 5.98. The van der Waals surface area contributed by atoms with E-state index in [-0.39, 0.29) is 0 Å². The van der Waals surface area contributed by atoms with E-state index in [1.54, 1.807) is 12.3 Å². The molecule has 0 saturated carbocycles. The van der Waals surface area contributed by atoms with Crippen molar-refractivity contribution in [3.8, 4) is 6.07 Å². The third-order valence-corrected chi connectivity index (χ3v) is 4.37. The SMILES string of the molecule is CC1(CNc2ccc(C#N)cn2)CCCS1. The van der Waals surface area contributed by atoms with Gasteiger partial charge in [-0.25, -0.2) is 4.98 Å². The fraction of sp³-hybridized carbons (Fsp3) is 0.500. The molecule has 1 aromatic rings. The minimum Gasteiger partial charge on any atom is -0.369 e. The lowest BCUT2D eigenvalue weighted by atomic mass is 10.1. The van der Waals surface area contributed by atoms with Gasteiger partial charge >= 0.3 is 0 Å². The Bertz CT molecular complexity index is 388. The fourth-order valence-electron chi connectivity index (χ4n) is 1.82. The standard InChI is InChI=1S/C12H15N3S/c1-12(5-2-6-16-12)9-15-11-4-3-10(7-13)8-14-11/h3-4,8H,2,5-6,9H2,1H3,(H,14,15). The number of anilines is 1. The van der Waals surface area contributed by atoms with Crippen LogP contribution in [0.1, 0.15) is 25.3 Å². The lowest BCUT2D eigenvalue weighted by Crippen LogP contribution is -2.27. The van der Waals surface area contributed by atoms with Gasteiger partial charge in [-0.15, -0.1) is 0 Å². The highest BCUT2D eigenvalue weighted by Crippen LogP contribution is 2.37. The molecule has 0 radical (unpaired) electrons. The number of aromatic nitrogens is 1. The minimum atomic E-state index is 0.343. The maximum atomic E-state index is 8.66. The Balaban J connectivity index is 1.92. The van der Waals surface area contributed by atoms with Crippen molar-refractivity contribution < 1.29 is 0 Å². The normalized spacial score (nSPS) is 24.0. The summed E-state index contributed by atoms with van der Waals surface area (Å²) < 4.78 is 0.343. The molecule has 1 fully saturated rings. The summed E-state index contributed by atoms with van der Waals surface area (Å²) in [6.07, 6.45) is 4.18. The van der Waals surface area contributed by atoms with E-state index in [0.29, 0.717) is 10.3 Å². The molecule has 1 atom stereocenters. The second-order valence-electron chi connectivity index (χ2n) is 4.30. The van der Waals surface area contributed by atoms with Gasteiger partial charge < -0.3 is 5.32 Å². The zero-order valence-electron chi connectivity index (χ0n) is 9.36. The molecule has 1 saturated heterocycles. The number of nitriles is 1. The number of hydrogen-bond acceptors (Lipinski definition) is 4. The van der Waals surface area contributed by atoms with Crippen LogP contribution in [-0.4, -0.2) is 22.0 Å². The molecular formula is C12H15N3S. The van der Waals surface area contributed by atoms with Crippen molar-refractivity contribution in [2.45, 2.75) is 24.5 Å². The van der Waals surface area contributed by atoms with Gasteiger partial charge in [0.05, 0.1) is 5.56 Å². The molecule has 1 aliphatic heterocycles. The van der Waals surface area contributed by atoms with Gasteiger partial charge in [0.15, 0.2) is 0 Å². The molecular weight excluding hydrogens is 218 g/mol. The first-order chi connectivity index (χ1) is 7.72. The molecule has 1 N–H and O–H groups in total. The number of rotatable bonds is 3. The topological polar surface area (TPSA) is 48.7 Å². The van der Waals surface area contributed by atoms with Crippen LogP contribution in [0.25, 0.3) is 0 Å². The van der Waals surface area contributed by atoms with E-state index in [2.05, 4.69) is 23.3 Å². The third-order valence-electron chi connectivity index (χ3n) is 2.84. The average Bonchev–Trinajstić information content (AvgIpc) is 2.75. The van der Waals surface area contributed by atoms with E-state index in [1.807, 2.05) is 17.8 Å².